The minimum absolute atomic E-state index is 0.305. The van der Waals surface area contributed by atoms with Crippen molar-refractivity contribution in [1.29, 1.82) is 0 Å². The number of allylic oxidation sites excluding steroid dienone is 1. The van der Waals surface area contributed by atoms with Gasteiger partial charge in [0.25, 0.3) is 0 Å². The van der Waals surface area contributed by atoms with Gasteiger partial charge >= 0.3 is 0 Å². The van der Waals surface area contributed by atoms with Crippen LogP contribution in [0.5, 0.6) is 0 Å². The zero-order chi connectivity index (χ0) is 14.9. The number of fused-ring (bicyclic) bond motifs is 1. The highest BCUT2D eigenvalue weighted by Crippen LogP contribution is 2.32. The summed E-state index contributed by atoms with van der Waals surface area (Å²) in [4.78, 5) is 12.9. The smallest absolute Gasteiger partial charge is 0.124 e. The van der Waals surface area contributed by atoms with Crippen LogP contribution in [0.25, 0.3) is 6.08 Å². The van der Waals surface area contributed by atoms with Crippen LogP contribution in [0.1, 0.15) is 66.2 Å². The van der Waals surface area contributed by atoms with E-state index >= 15 is 0 Å². The molecular formula is C18H22N4. The number of piperidine rings is 1. The van der Waals surface area contributed by atoms with Gasteiger partial charge in [0.05, 0.1) is 23.5 Å². The van der Waals surface area contributed by atoms with Crippen molar-refractivity contribution in [3.63, 3.8) is 0 Å². The SMILES string of the molecule is Cc1cccnc1C1CCC[C@H](c2nc3c([nH]2)CCC=C3)N1. The monoisotopic (exact) mass is 294 g/mol. The first-order chi connectivity index (χ1) is 10.8. The molecule has 0 saturated carbocycles. The highest BCUT2D eigenvalue weighted by Gasteiger charge is 2.27. The second-order valence-electron chi connectivity index (χ2n) is 6.34. The quantitative estimate of drug-likeness (QED) is 0.889. The lowest BCUT2D eigenvalue weighted by Gasteiger charge is -2.30. The molecule has 1 unspecified atom stereocenters. The maximum absolute atomic E-state index is 4.80. The van der Waals surface area contributed by atoms with Crippen molar-refractivity contribution in [3.05, 3.63) is 52.9 Å². The zero-order valence-corrected chi connectivity index (χ0v) is 13.0. The molecule has 4 nitrogen and oxygen atoms in total. The van der Waals surface area contributed by atoms with Crippen molar-refractivity contribution in [2.75, 3.05) is 0 Å². The fourth-order valence-corrected chi connectivity index (χ4v) is 3.59. The Morgan fingerprint density at radius 1 is 1.23 bits per heavy atom. The van der Waals surface area contributed by atoms with Gasteiger partial charge in [0.15, 0.2) is 0 Å². The predicted octanol–water partition coefficient (Wildman–Crippen LogP) is 3.63. The number of pyridine rings is 1. The molecule has 4 heteroatoms. The van der Waals surface area contributed by atoms with Crippen LogP contribution in [0.15, 0.2) is 24.4 Å². The summed E-state index contributed by atoms with van der Waals surface area (Å²) in [5.74, 6) is 1.09. The molecule has 22 heavy (non-hydrogen) atoms. The number of imidazole rings is 1. The maximum Gasteiger partial charge on any atom is 0.124 e. The van der Waals surface area contributed by atoms with Gasteiger partial charge in [-0.25, -0.2) is 4.98 Å². The summed E-state index contributed by atoms with van der Waals surface area (Å²) in [6, 6.07) is 4.78. The third-order valence-electron chi connectivity index (χ3n) is 4.76. The maximum atomic E-state index is 4.80. The van der Waals surface area contributed by atoms with Gasteiger partial charge in [-0.15, -0.1) is 0 Å². The molecule has 0 spiro atoms. The number of aromatic amines is 1. The van der Waals surface area contributed by atoms with Crippen molar-refractivity contribution in [3.8, 4) is 0 Å². The minimum Gasteiger partial charge on any atom is -0.344 e. The molecule has 0 amide bonds. The summed E-state index contributed by atoms with van der Waals surface area (Å²) < 4.78 is 0. The Hall–Kier alpha value is -1.94. The van der Waals surface area contributed by atoms with Gasteiger partial charge in [-0.2, -0.15) is 0 Å². The Morgan fingerprint density at radius 2 is 2.14 bits per heavy atom. The average molecular weight is 294 g/mol. The van der Waals surface area contributed by atoms with Gasteiger partial charge in [0, 0.05) is 11.9 Å². The van der Waals surface area contributed by atoms with Crippen molar-refractivity contribution in [2.24, 2.45) is 0 Å². The number of aromatic nitrogens is 3. The van der Waals surface area contributed by atoms with E-state index in [-0.39, 0.29) is 0 Å². The van der Waals surface area contributed by atoms with Crippen molar-refractivity contribution in [2.45, 2.75) is 51.1 Å². The van der Waals surface area contributed by atoms with Crippen LogP contribution in [0.4, 0.5) is 0 Å². The van der Waals surface area contributed by atoms with Gasteiger partial charge in [0.2, 0.25) is 0 Å². The Morgan fingerprint density at radius 3 is 3.00 bits per heavy atom. The summed E-state index contributed by atoms with van der Waals surface area (Å²) in [6.07, 6.45) is 11.9. The fourth-order valence-electron chi connectivity index (χ4n) is 3.59. The zero-order valence-electron chi connectivity index (χ0n) is 13.0. The van der Waals surface area contributed by atoms with E-state index < -0.39 is 0 Å². The first-order valence-electron chi connectivity index (χ1n) is 8.24. The Kier molecular flexibility index (Phi) is 3.54. The average Bonchev–Trinajstić information content (AvgIpc) is 2.99. The third kappa shape index (κ3) is 2.48. The molecule has 0 aromatic carbocycles. The number of hydrogen-bond acceptors (Lipinski definition) is 3. The highest BCUT2D eigenvalue weighted by molar-refractivity contribution is 5.50. The van der Waals surface area contributed by atoms with Crippen molar-refractivity contribution >= 4 is 6.08 Å². The van der Waals surface area contributed by atoms with Crippen molar-refractivity contribution < 1.29 is 0 Å². The predicted molar refractivity (Wildman–Crippen MR) is 87.4 cm³/mol. The second kappa shape index (κ2) is 5.69. The summed E-state index contributed by atoms with van der Waals surface area (Å²) in [7, 11) is 0. The molecule has 3 heterocycles. The standard InChI is InChI=1S/C18H22N4/c1-12-6-5-11-19-17(12)15-9-4-10-16(20-15)18-21-13-7-2-3-8-14(13)22-18/h2,5-7,11,15-16,20H,3-4,8-10H2,1H3,(H,21,22)/t15?,16-/m1/s1. The summed E-state index contributed by atoms with van der Waals surface area (Å²) in [6.45, 7) is 2.14. The third-order valence-corrected chi connectivity index (χ3v) is 4.76. The Bertz CT molecular complexity index is 701. The van der Waals surface area contributed by atoms with E-state index in [1.165, 1.54) is 23.4 Å². The minimum atomic E-state index is 0.305. The summed E-state index contributed by atoms with van der Waals surface area (Å²) in [5.41, 5.74) is 4.86. The van der Waals surface area contributed by atoms with E-state index in [1.807, 2.05) is 12.3 Å². The molecule has 1 aliphatic carbocycles. The fraction of sp³-hybridized carbons (Fsp3) is 0.444. The number of nitrogens with zero attached hydrogens (tertiary/aromatic N) is 2. The van der Waals surface area contributed by atoms with Gasteiger partial charge in [-0.3, -0.25) is 10.3 Å². The van der Waals surface area contributed by atoms with Crippen LogP contribution in [0.3, 0.4) is 0 Å². The normalized spacial score (nSPS) is 24.2. The number of hydrogen-bond donors (Lipinski definition) is 2. The molecule has 1 saturated heterocycles. The first kappa shape index (κ1) is 13.7. The van der Waals surface area contributed by atoms with Gasteiger partial charge in [0.1, 0.15) is 5.82 Å². The molecule has 1 aliphatic heterocycles. The molecule has 114 valence electrons. The molecule has 2 N–H and O–H groups in total. The molecule has 2 atom stereocenters. The Labute approximate surface area is 131 Å². The molecular weight excluding hydrogens is 272 g/mol. The lowest BCUT2D eigenvalue weighted by Crippen LogP contribution is -2.32. The van der Waals surface area contributed by atoms with Gasteiger partial charge < -0.3 is 4.98 Å². The van der Waals surface area contributed by atoms with Crippen LogP contribution >= 0.6 is 0 Å². The van der Waals surface area contributed by atoms with Crippen LogP contribution < -0.4 is 5.32 Å². The number of rotatable bonds is 2. The first-order valence-corrected chi connectivity index (χ1v) is 8.24. The van der Waals surface area contributed by atoms with Crippen LogP contribution in [0.2, 0.25) is 0 Å². The second-order valence-corrected chi connectivity index (χ2v) is 6.34. The largest absolute Gasteiger partial charge is 0.344 e. The van der Waals surface area contributed by atoms with Crippen LogP contribution in [-0.4, -0.2) is 15.0 Å². The molecule has 4 rings (SSSR count). The van der Waals surface area contributed by atoms with E-state index in [0.717, 1.165) is 37.2 Å². The number of H-pyrrole nitrogens is 1. The van der Waals surface area contributed by atoms with E-state index in [4.69, 9.17) is 4.98 Å². The van der Waals surface area contributed by atoms with Gasteiger partial charge in [-0.05, 0) is 56.7 Å². The summed E-state index contributed by atoms with van der Waals surface area (Å²) >= 11 is 0. The van der Waals surface area contributed by atoms with E-state index in [9.17, 15) is 0 Å². The highest BCUT2D eigenvalue weighted by atomic mass is 15.1. The molecule has 2 aliphatic rings. The molecule has 2 aromatic rings. The number of aryl methyl sites for hydroxylation is 2. The van der Waals surface area contributed by atoms with Crippen LogP contribution in [-0.2, 0) is 6.42 Å². The summed E-state index contributed by atoms with van der Waals surface area (Å²) in [5, 5.41) is 3.76. The molecule has 0 bridgehead atoms. The van der Waals surface area contributed by atoms with E-state index in [2.05, 4.69) is 40.4 Å². The lowest BCUT2D eigenvalue weighted by molar-refractivity contribution is 0.316. The lowest BCUT2D eigenvalue weighted by atomic mass is 9.94. The van der Waals surface area contributed by atoms with E-state index in [1.54, 1.807) is 0 Å². The van der Waals surface area contributed by atoms with E-state index in [0.29, 0.717) is 12.1 Å². The molecule has 0 radical (unpaired) electrons. The Balaban J connectivity index is 1.57. The number of nitrogens with one attached hydrogen (secondary N) is 2. The van der Waals surface area contributed by atoms with Gasteiger partial charge in [-0.1, -0.05) is 12.1 Å². The van der Waals surface area contributed by atoms with Crippen LogP contribution in [0, 0.1) is 6.92 Å². The van der Waals surface area contributed by atoms with Crippen molar-refractivity contribution in [1.82, 2.24) is 20.3 Å². The topological polar surface area (TPSA) is 53.6 Å². The molecule has 2 aromatic heterocycles. The molecule has 1 fully saturated rings.